The Hall–Kier alpha value is -0.790. The lowest BCUT2D eigenvalue weighted by atomic mass is 10.1. The Bertz CT molecular complexity index is 347. The third kappa shape index (κ3) is 4.06. The van der Waals surface area contributed by atoms with Crippen LogP contribution < -0.4 is 0 Å². The quantitative estimate of drug-likeness (QED) is 0.543. The SMILES string of the molecule is [CH2-][N+](C)(C)C/C(Cl)=C(\C)c1ccccc1. The van der Waals surface area contributed by atoms with Gasteiger partial charge in [-0.05, 0) is 18.1 Å². The van der Waals surface area contributed by atoms with Crippen molar-refractivity contribution in [2.75, 3.05) is 20.6 Å². The predicted octanol–water partition coefficient (Wildman–Crippen LogP) is 3.52. The molecule has 0 aliphatic heterocycles. The molecule has 1 rings (SSSR count). The van der Waals surface area contributed by atoms with Gasteiger partial charge in [-0.2, -0.15) is 0 Å². The monoisotopic (exact) mass is 223 g/mol. The molecule has 0 saturated carbocycles. The van der Waals surface area contributed by atoms with Crippen molar-refractivity contribution in [1.82, 2.24) is 0 Å². The second-order valence-corrected chi connectivity index (χ2v) is 4.95. The molecule has 0 fully saturated rings. The molecule has 0 saturated heterocycles. The Labute approximate surface area is 97.6 Å². The molecule has 0 radical (unpaired) electrons. The average molecular weight is 224 g/mol. The number of allylic oxidation sites excluding steroid dienone is 1. The molecule has 15 heavy (non-hydrogen) atoms. The first kappa shape index (κ1) is 12.3. The topological polar surface area (TPSA) is 0 Å². The first-order valence-corrected chi connectivity index (χ1v) is 5.36. The fraction of sp³-hybridized carbons (Fsp3) is 0.308. The van der Waals surface area contributed by atoms with Crippen LogP contribution in [-0.4, -0.2) is 25.1 Å². The molecule has 0 spiro atoms. The van der Waals surface area contributed by atoms with Crippen LogP contribution in [0.1, 0.15) is 12.5 Å². The molecule has 0 aliphatic rings. The minimum absolute atomic E-state index is 0.600. The van der Waals surface area contributed by atoms with Crippen molar-refractivity contribution in [3.05, 3.63) is 48.0 Å². The van der Waals surface area contributed by atoms with Crippen LogP contribution in [-0.2, 0) is 0 Å². The van der Waals surface area contributed by atoms with E-state index >= 15 is 0 Å². The second kappa shape index (κ2) is 4.82. The molecule has 0 N–H and O–H groups in total. The van der Waals surface area contributed by atoms with E-state index in [1.165, 1.54) is 5.56 Å². The van der Waals surface area contributed by atoms with Crippen LogP contribution in [0.5, 0.6) is 0 Å². The maximum Gasteiger partial charge on any atom is 0.0909 e. The van der Waals surface area contributed by atoms with Gasteiger partial charge in [0.2, 0.25) is 0 Å². The summed E-state index contributed by atoms with van der Waals surface area (Å²) in [6.07, 6.45) is 0. The average Bonchev–Trinajstić information content (AvgIpc) is 2.15. The number of nitrogens with zero attached hydrogens (tertiary/aromatic N) is 1. The normalized spacial score (nSPS) is 13.7. The van der Waals surface area contributed by atoms with Crippen molar-refractivity contribution in [2.45, 2.75) is 6.92 Å². The van der Waals surface area contributed by atoms with Gasteiger partial charge in [-0.15, -0.1) is 7.05 Å². The van der Waals surface area contributed by atoms with Crippen molar-refractivity contribution in [2.24, 2.45) is 0 Å². The van der Waals surface area contributed by atoms with Crippen molar-refractivity contribution in [3.8, 4) is 0 Å². The zero-order valence-electron chi connectivity index (χ0n) is 9.63. The van der Waals surface area contributed by atoms with Gasteiger partial charge >= 0.3 is 0 Å². The highest BCUT2D eigenvalue weighted by molar-refractivity contribution is 6.32. The van der Waals surface area contributed by atoms with Gasteiger partial charge in [0.25, 0.3) is 0 Å². The molecule has 0 bridgehead atoms. The Balaban J connectivity index is 2.91. The van der Waals surface area contributed by atoms with Crippen molar-refractivity contribution in [3.63, 3.8) is 0 Å². The fourth-order valence-electron chi connectivity index (χ4n) is 1.34. The van der Waals surface area contributed by atoms with E-state index in [9.17, 15) is 0 Å². The van der Waals surface area contributed by atoms with Crippen molar-refractivity contribution < 1.29 is 4.48 Å². The molecule has 0 unspecified atom stereocenters. The van der Waals surface area contributed by atoms with Gasteiger partial charge in [0.15, 0.2) is 0 Å². The Morgan fingerprint density at radius 2 is 1.80 bits per heavy atom. The Kier molecular flexibility index (Phi) is 3.95. The highest BCUT2D eigenvalue weighted by Gasteiger charge is 2.08. The maximum absolute atomic E-state index is 6.27. The van der Waals surface area contributed by atoms with Gasteiger partial charge in [-0.1, -0.05) is 41.9 Å². The fourth-order valence-corrected chi connectivity index (χ4v) is 1.77. The summed E-state index contributed by atoms with van der Waals surface area (Å²) in [6, 6.07) is 10.2. The largest absolute Gasteiger partial charge is 0.457 e. The smallest absolute Gasteiger partial charge is 0.0909 e. The van der Waals surface area contributed by atoms with E-state index in [0.717, 1.165) is 17.2 Å². The lowest BCUT2D eigenvalue weighted by molar-refractivity contribution is -0.839. The molecule has 0 aromatic heterocycles. The first-order valence-electron chi connectivity index (χ1n) is 4.98. The van der Waals surface area contributed by atoms with Gasteiger partial charge in [-0.25, -0.2) is 0 Å². The maximum atomic E-state index is 6.27. The second-order valence-electron chi connectivity index (χ2n) is 4.49. The predicted molar refractivity (Wildman–Crippen MR) is 67.2 cm³/mol. The number of rotatable bonds is 3. The lowest BCUT2D eigenvalue weighted by Crippen LogP contribution is -2.33. The molecule has 1 aromatic carbocycles. The molecule has 2 heteroatoms. The molecular formula is C13H18ClN. The number of benzene rings is 1. The summed E-state index contributed by atoms with van der Waals surface area (Å²) in [5.74, 6) is 0. The minimum atomic E-state index is 0.600. The molecule has 82 valence electrons. The van der Waals surface area contributed by atoms with E-state index in [0.29, 0.717) is 4.48 Å². The number of hydrogen-bond acceptors (Lipinski definition) is 0. The van der Waals surface area contributed by atoms with Crippen molar-refractivity contribution >= 4 is 17.2 Å². The molecule has 0 amide bonds. The van der Waals surface area contributed by atoms with Crippen LogP contribution in [0.4, 0.5) is 0 Å². The van der Waals surface area contributed by atoms with E-state index in [1.54, 1.807) is 0 Å². The molecular weight excluding hydrogens is 206 g/mol. The van der Waals surface area contributed by atoms with Gasteiger partial charge in [0.05, 0.1) is 11.6 Å². The lowest BCUT2D eigenvalue weighted by Gasteiger charge is -2.32. The van der Waals surface area contributed by atoms with Crippen LogP contribution in [0.25, 0.3) is 5.57 Å². The third-order valence-corrected chi connectivity index (χ3v) is 2.58. The Morgan fingerprint density at radius 3 is 2.27 bits per heavy atom. The van der Waals surface area contributed by atoms with E-state index in [-0.39, 0.29) is 0 Å². The zero-order chi connectivity index (χ0) is 11.5. The van der Waals surface area contributed by atoms with Crippen LogP contribution in [0.3, 0.4) is 0 Å². The van der Waals surface area contributed by atoms with Gasteiger partial charge in [0.1, 0.15) is 0 Å². The summed E-state index contributed by atoms with van der Waals surface area (Å²) in [6.45, 7) is 2.80. The summed E-state index contributed by atoms with van der Waals surface area (Å²) < 4.78 is 0.600. The van der Waals surface area contributed by atoms with E-state index in [2.05, 4.69) is 19.2 Å². The number of halogens is 1. The third-order valence-electron chi connectivity index (χ3n) is 2.18. The molecule has 1 aromatic rings. The summed E-state index contributed by atoms with van der Waals surface area (Å²) in [4.78, 5) is 0. The first-order chi connectivity index (χ1) is 6.90. The van der Waals surface area contributed by atoms with E-state index in [1.807, 2.05) is 39.2 Å². The molecule has 0 aliphatic carbocycles. The zero-order valence-corrected chi connectivity index (χ0v) is 10.4. The highest BCUT2D eigenvalue weighted by Crippen LogP contribution is 2.22. The van der Waals surface area contributed by atoms with Gasteiger partial charge in [0, 0.05) is 14.1 Å². The van der Waals surface area contributed by atoms with Crippen LogP contribution in [0.2, 0.25) is 0 Å². The van der Waals surface area contributed by atoms with E-state index < -0.39 is 0 Å². The number of likely N-dealkylation sites (N-methyl/N-ethyl adjacent to an activating group) is 1. The van der Waals surface area contributed by atoms with Crippen molar-refractivity contribution in [1.29, 1.82) is 0 Å². The highest BCUT2D eigenvalue weighted by atomic mass is 35.5. The summed E-state index contributed by atoms with van der Waals surface area (Å²) >= 11 is 6.27. The summed E-state index contributed by atoms with van der Waals surface area (Å²) in [7, 11) is 8.06. The summed E-state index contributed by atoms with van der Waals surface area (Å²) in [5, 5.41) is 0.876. The molecule has 0 heterocycles. The van der Waals surface area contributed by atoms with Gasteiger partial charge < -0.3 is 4.48 Å². The number of quaternary nitrogens is 1. The standard InChI is InChI=1S/C13H18ClN/c1-11(12-8-6-5-7-9-12)13(14)10-15(2,3)4/h5-9H,2,10H2,1,3-4H3/b13-11-. The van der Waals surface area contributed by atoms with Gasteiger partial charge in [-0.3, -0.25) is 0 Å². The molecule has 1 nitrogen and oxygen atoms in total. The Morgan fingerprint density at radius 1 is 1.27 bits per heavy atom. The number of hydrogen-bond donors (Lipinski definition) is 0. The molecule has 0 atom stereocenters. The minimum Gasteiger partial charge on any atom is -0.457 e. The van der Waals surface area contributed by atoms with Crippen LogP contribution in [0, 0.1) is 7.05 Å². The van der Waals surface area contributed by atoms with Crippen LogP contribution in [0.15, 0.2) is 35.4 Å². The van der Waals surface area contributed by atoms with Crippen LogP contribution >= 0.6 is 11.6 Å². The summed E-state index contributed by atoms with van der Waals surface area (Å²) in [5.41, 5.74) is 2.31. The van der Waals surface area contributed by atoms with E-state index in [4.69, 9.17) is 11.6 Å².